The minimum absolute atomic E-state index is 0.756. The molecule has 0 rings (SSSR count). The van der Waals surface area contributed by atoms with Crippen LogP contribution in [-0.4, -0.2) is 47.1 Å². The number of carboxylic acids is 1. The number of carbonyl (C=O) groups excluding carboxylic acids is 2. The number of alkyl carbamates (subject to hydrolysis) is 2. The molecule has 1 atom stereocenters. The molecule has 3 N–H and O–H groups in total. The smallest absolute Gasteiger partial charge is 0.408 e. The maximum absolute atomic E-state index is 11.8. The molecule has 0 aromatic rings. The van der Waals surface area contributed by atoms with E-state index in [9.17, 15) is 19.5 Å². The molecule has 0 aliphatic rings. The van der Waals surface area contributed by atoms with Gasteiger partial charge in [0, 0.05) is 12.0 Å². The summed E-state index contributed by atoms with van der Waals surface area (Å²) in [5, 5.41) is 13.4. The molecule has 2 amide bonds. The first-order valence-corrected chi connectivity index (χ1v) is 7.45. The Labute approximate surface area is 148 Å². The molecule has 0 heterocycles. The Morgan fingerprint density at radius 3 is 1.96 bits per heavy atom. The highest BCUT2D eigenvalue weighted by Crippen LogP contribution is 2.09. The van der Waals surface area contributed by atoms with Gasteiger partial charge in [-0.1, -0.05) is 0 Å². The van der Waals surface area contributed by atoms with Crippen LogP contribution in [-0.2, 0) is 14.3 Å². The minimum atomic E-state index is -2.71. The number of carbonyl (C=O) groups is 3. The van der Waals surface area contributed by atoms with Crippen LogP contribution in [0.1, 0.15) is 66.2 Å². The second kappa shape index (κ2) is 9.34. The summed E-state index contributed by atoms with van der Waals surface area (Å²) in [7, 11) is 0. The maximum Gasteiger partial charge on any atom is 0.408 e. The van der Waals surface area contributed by atoms with Crippen LogP contribution in [0.5, 0.6) is 0 Å². The molecule has 0 unspecified atom stereocenters. The topological polar surface area (TPSA) is 114 Å². The maximum atomic E-state index is 11.8. The van der Waals surface area contributed by atoms with Crippen molar-refractivity contribution >= 4 is 18.2 Å². The number of aliphatic carboxylic acids is 1. The summed E-state index contributed by atoms with van der Waals surface area (Å²) in [4.78, 5) is 34.8. The lowest BCUT2D eigenvalue weighted by Gasteiger charge is -2.22. The van der Waals surface area contributed by atoms with Crippen LogP contribution in [0.4, 0.5) is 9.59 Å². The fraction of sp³-hybridized carbons (Fsp3) is 0.812. The third kappa shape index (κ3) is 12.5. The van der Waals surface area contributed by atoms with Crippen LogP contribution < -0.4 is 10.6 Å². The summed E-state index contributed by atoms with van der Waals surface area (Å²) in [6, 6.07) is -1.73. The predicted molar refractivity (Wildman–Crippen MR) is 88.9 cm³/mol. The lowest BCUT2D eigenvalue weighted by molar-refractivity contribution is -0.139. The van der Waals surface area contributed by atoms with E-state index in [0.29, 0.717) is 0 Å². The first kappa shape index (κ1) is 15.5. The van der Waals surface area contributed by atoms with E-state index in [1.807, 2.05) is 5.32 Å². The van der Waals surface area contributed by atoms with Gasteiger partial charge in [-0.3, -0.25) is 0 Å². The molecule has 0 spiro atoms. The van der Waals surface area contributed by atoms with E-state index < -0.39 is 61.1 Å². The normalized spacial score (nSPS) is 16.6. The SMILES string of the molecule is [2H]C([2H])(CNC(=O)OC(C)(C)C)C([2H])([2H])C[C@H](NC(=O)OC(C)(C)C)C(=O)O. The standard InChI is InChI=1S/C16H30N2O6/c1-15(2,3)23-13(21)17-10-8-7-9-11(12(19)20)18-14(22)24-16(4,5)6/h11H,7-10H2,1-6H3,(H,17,21)(H,18,22)(H,19,20)/t11-/m0/s1/i7D2,8D2. The number of amides is 2. The number of hydrogen-bond acceptors (Lipinski definition) is 5. The van der Waals surface area contributed by atoms with E-state index in [4.69, 9.17) is 15.0 Å². The highest BCUT2D eigenvalue weighted by molar-refractivity contribution is 5.79. The molecule has 0 aliphatic heterocycles. The summed E-state index contributed by atoms with van der Waals surface area (Å²) in [6.07, 6.45) is -8.24. The van der Waals surface area contributed by atoms with Crippen LogP contribution in [0, 0.1) is 0 Å². The average Bonchev–Trinajstić information content (AvgIpc) is 2.40. The number of rotatable bonds is 7. The molecule has 0 aromatic carbocycles. The first-order valence-electron chi connectivity index (χ1n) is 9.45. The van der Waals surface area contributed by atoms with Crippen molar-refractivity contribution in [1.82, 2.24) is 10.6 Å². The Hall–Kier alpha value is -1.99. The van der Waals surface area contributed by atoms with E-state index in [-0.39, 0.29) is 0 Å². The summed E-state index contributed by atoms with van der Waals surface area (Å²) in [6.45, 7) is 8.79. The van der Waals surface area contributed by atoms with Gasteiger partial charge < -0.3 is 25.2 Å². The van der Waals surface area contributed by atoms with Crippen molar-refractivity contribution in [1.29, 1.82) is 0 Å². The minimum Gasteiger partial charge on any atom is -0.480 e. The summed E-state index contributed by atoms with van der Waals surface area (Å²) in [5.41, 5.74) is -1.71. The van der Waals surface area contributed by atoms with Gasteiger partial charge in [0.2, 0.25) is 0 Å². The van der Waals surface area contributed by atoms with E-state index in [1.165, 1.54) is 0 Å². The zero-order chi connectivity index (χ0) is 22.6. The molecule has 0 aliphatic carbocycles. The van der Waals surface area contributed by atoms with Crippen LogP contribution in [0.3, 0.4) is 0 Å². The van der Waals surface area contributed by atoms with Gasteiger partial charge in [0.15, 0.2) is 0 Å². The van der Waals surface area contributed by atoms with Crippen LogP contribution >= 0.6 is 0 Å². The van der Waals surface area contributed by atoms with Gasteiger partial charge in [-0.15, -0.1) is 0 Å². The van der Waals surface area contributed by atoms with Gasteiger partial charge in [0.1, 0.15) is 17.2 Å². The lowest BCUT2D eigenvalue weighted by atomic mass is 10.1. The quantitative estimate of drug-likeness (QED) is 0.650. The van der Waals surface area contributed by atoms with Crippen molar-refractivity contribution in [3.8, 4) is 0 Å². The molecule has 0 radical (unpaired) electrons. The molecule has 8 heteroatoms. The second-order valence-corrected chi connectivity index (χ2v) is 6.95. The zero-order valence-corrected chi connectivity index (χ0v) is 15.0. The fourth-order valence-electron chi connectivity index (χ4n) is 1.32. The number of carboxylic acid groups (broad SMARTS) is 1. The van der Waals surface area contributed by atoms with Crippen LogP contribution in [0.2, 0.25) is 0 Å². The predicted octanol–water partition coefficient (Wildman–Crippen LogP) is 2.66. The highest BCUT2D eigenvalue weighted by atomic mass is 16.6. The first-order chi connectivity index (χ1) is 12.3. The van der Waals surface area contributed by atoms with E-state index in [2.05, 4.69) is 5.32 Å². The van der Waals surface area contributed by atoms with Crippen molar-refractivity contribution in [3.05, 3.63) is 0 Å². The zero-order valence-electron chi connectivity index (χ0n) is 19.0. The summed E-state index contributed by atoms with van der Waals surface area (Å²) < 4.78 is 41.6. The third-order valence-corrected chi connectivity index (χ3v) is 2.14. The van der Waals surface area contributed by atoms with Crippen molar-refractivity contribution in [3.63, 3.8) is 0 Å². The molecular weight excluding hydrogens is 316 g/mol. The van der Waals surface area contributed by atoms with Gasteiger partial charge in [0.25, 0.3) is 0 Å². The molecule has 0 saturated heterocycles. The summed E-state index contributed by atoms with van der Waals surface area (Å²) >= 11 is 0. The van der Waals surface area contributed by atoms with Crippen molar-refractivity contribution < 1.29 is 34.4 Å². The lowest BCUT2D eigenvalue weighted by Crippen LogP contribution is -2.43. The third-order valence-electron chi connectivity index (χ3n) is 2.14. The largest absolute Gasteiger partial charge is 0.480 e. The van der Waals surface area contributed by atoms with Gasteiger partial charge in [-0.25, -0.2) is 14.4 Å². The summed E-state index contributed by atoms with van der Waals surface area (Å²) in [5.74, 6) is -1.55. The number of ether oxygens (including phenoxy) is 2. The van der Waals surface area contributed by atoms with E-state index in [0.717, 1.165) is 0 Å². The van der Waals surface area contributed by atoms with Crippen molar-refractivity contribution in [2.24, 2.45) is 0 Å². The highest BCUT2D eigenvalue weighted by Gasteiger charge is 2.23. The van der Waals surface area contributed by atoms with Gasteiger partial charge in [0.05, 0.1) is 0 Å². The molecule has 0 aromatic heterocycles. The van der Waals surface area contributed by atoms with E-state index >= 15 is 0 Å². The van der Waals surface area contributed by atoms with Crippen LogP contribution in [0.15, 0.2) is 0 Å². The Kier molecular flexibility index (Phi) is 6.05. The van der Waals surface area contributed by atoms with Gasteiger partial charge >= 0.3 is 18.2 Å². The number of hydrogen-bond donors (Lipinski definition) is 3. The van der Waals surface area contributed by atoms with Crippen LogP contribution in [0.25, 0.3) is 0 Å². The second-order valence-electron chi connectivity index (χ2n) is 6.95. The van der Waals surface area contributed by atoms with E-state index in [1.54, 1.807) is 41.5 Å². The molecule has 140 valence electrons. The average molecular weight is 350 g/mol. The monoisotopic (exact) mass is 350 g/mol. The Morgan fingerprint density at radius 1 is 1.00 bits per heavy atom. The number of nitrogens with one attached hydrogen (secondary N) is 2. The molecule has 0 bridgehead atoms. The Balaban J connectivity index is 5.07. The Bertz CT molecular complexity index is 585. The molecular formula is C16H30N2O6. The van der Waals surface area contributed by atoms with Crippen molar-refractivity contribution in [2.45, 2.75) is 78.0 Å². The molecule has 24 heavy (non-hydrogen) atoms. The van der Waals surface area contributed by atoms with Gasteiger partial charge in [-0.2, -0.15) is 0 Å². The van der Waals surface area contributed by atoms with Gasteiger partial charge in [-0.05, 0) is 60.7 Å². The van der Waals surface area contributed by atoms with Crippen molar-refractivity contribution in [2.75, 3.05) is 6.54 Å². The molecule has 8 nitrogen and oxygen atoms in total. The molecule has 0 saturated carbocycles. The fourth-order valence-corrected chi connectivity index (χ4v) is 1.32. The Morgan fingerprint density at radius 2 is 1.50 bits per heavy atom. The molecule has 0 fully saturated rings.